The second-order valence-electron chi connectivity index (χ2n) is 5.75. The van der Waals surface area contributed by atoms with Gasteiger partial charge in [-0.3, -0.25) is 9.48 Å². The Morgan fingerprint density at radius 3 is 2.63 bits per heavy atom. The molecule has 0 aliphatic heterocycles. The van der Waals surface area contributed by atoms with E-state index in [4.69, 9.17) is 4.74 Å². The SMILES string of the molecule is CCOC(=O)c1nn(C(C)(C)C)c2c1C(=O)CCC2. The molecule has 5 nitrogen and oxygen atoms in total. The van der Waals surface area contributed by atoms with Crippen molar-refractivity contribution >= 4 is 11.8 Å². The molecule has 0 unspecified atom stereocenters. The number of Topliss-reactive ketones (excluding diaryl/α,β-unsaturated/α-hetero) is 1. The van der Waals surface area contributed by atoms with Crippen LogP contribution in [0.4, 0.5) is 0 Å². The molecule has 5 heteroatoms. The first-order valence-electron chi connectivity index (χ1n) is 6.69. The van der Waals surface area contributed by atoms with Gasteiger partial charge in [0.2, 0.25) is 0 Å². The minimum atomic E-state index is -0.503. The van der Waals surface area contributed by atoms with Gasteiger partial charge in [-0.1, -0.05) is 0 Å². The van der Waals surface area contributed by atoms with Gasteiger partial charge in [0.15, 0.2) is 11.5 Å². The van der Waals surface area contributed by atoms with Gasteiger partial charge in [-0.05, 0) is 40.5 Å². The Hall–Kier alpha value is -1.65. The van der Waals surface area contributed by atoms with Crippen molar-refractivity contribution in [2.75, 3.05) is 6.61 Å². The number of fused-ring (bicyclic) bond motifs is 1. The second kappa shape index (κ2) is 4.79. The lowest BCUT2D eigenvalue weighted by Gasteiger charge is -2.24. The first-order valence-corrected chi connectivity index (χ1v) is 6.69. The molecule has 1 aliphatic rings. The molecule has 2 rings (SSSR count). The van der Waals surface area contributed by atoms with Gasteiger partial charge in [0.05, 0.1) is 23.4 Å². The van der Waals surface area contributed by atoms with Crippen LogP contribution in [-0.2, 0) is 16.7 Å². The van der Waals surface area contributed by atoms with Crippen molar-refractivity contribution < 1.29 is 14.3 Å². The molecule has 1 aromatic rings. The average molecular weight is 264 g/mol. The molecule has 1 aromatic heterocycles. The zero-order valence-electron chi connectivity index (χ0n) is 11.9. The van der Waals surface area contributed by atoms with Crippen LogP contribution in [0.2, 0.25) is 0 Å². The molecule has 0 fully saturated rings. The van der Waals surface area contributed by atoms with E-state index in [9.17, 15) is 9.59 Å². The Kier molecular flexibility index (Phi) is 3.47. The number of nitrogens with zero attached hydrogens (tertiary/aromatic N) is 2. The highest BCUT2D eigenvalue weighted by molar-refractivity contribution is 6.06. The van der Waals surface area contributed by atoms with Crippen LogP contribution in [0, 0.1) is 0 Å². The number of aromatic nitrogens is 2. The summed E-state index contributed by atoms with van der Waals surface area (Å²) in [6.45, 7) is 8.05. The molecule has 0 saturated heterocycles. The highest BCUT2D eigenvalue weighted by atomic mass is 16.5. The lowest BCUT2D eigenvalue weighted by Crippen LogP contribution is -2.27. The molecule has 0 N–H and O–H groups in total. The Balaban J connectivity index is 2.59. The highest BCUT2D eigenvalue weighted by Gasteiger charge is 2.33. The molecule has 0 saturated carbocycles. The van der Waals surface area contributed by atoms with Crippen LogP contribution >= 0.6 is 0 Å². The van der Waals surface area contributed by atoms with Crippen LogP contribution in [0.1, 0.15) is 67.1 Å². The van der Waals surface area contributed by atoms with Gasteiger partial charge in [-0.15, -0.1) is 0 Å². The minimum Gasteiger partial charge on any atom is -0.461 e. The number of ether oxygens (including phenoxy) is 1. The molecular formula is C14H20N2O3. The number of esters is 1. The fraction of sp³-hybridized carbons (Fsp3) is 0.643. The Morgan fingerprint density at radius 2 is 2.05 bits per heavy atom. The molecule has 0 radical (unpaired) electrons. The topological polar surface area (TPSA) is 61.2 Å². The van der Waals surface area contributed by atoms with Crippen LogP contribution in [0.25, 0.3) is 0 Å². The largest absolute Gasteiger partial charge is 0.461 e. The van der Waals surface area contributed by atoms with Crippen LogP contribution in [0.3, 0.4) is 0 Å². The first-order chi connectivity index (χ1) is 8.86. The van der Waals surface area contributed by atoms with Crippen molar-refractivity contribution in [1.82, 2.24) is 9.78 Å². The van der Waals surface area contributed by atoms with Crippen molar-refractivity contribution in [3.8, 4) is 0 Å². The maximum Gasteiger partial charge on any atom is 0.359 e. The summed E-state index contributed by atoms with van der Waals surface area (Å²) < 4.78 is 6.80. The summed E-state index contributed by atoms with van der Waals surface area (Å²) in [6.07, 6.45) is 2.08. The van der Waals surface area contributed by atoms with E-state index in [1.165, 1.54) is 0 Å². The van der Waals surface area contributed by atoms with Crippen molar-refractivity contribution in [3.05, 3.63) is 17.0 Å². The number of rotatable bonds is 2. The summed E-state index contributed by atoms with van der Waals surface area (Å²) in [5, 5.41) is 4.35. The zero-order valence-corrected chi connectivity index (χ0v) is 11.9. The number of ketones is 1. The molecule has 1 aliphatic carbocycles. The Labute approximate surface area is 112 Å². The maximum atomic E-state index is 12.1. The van der Waals surface area contributed by atoms with Crippen LogP contribution in [0.15, 0.2) is 0 Å². The van der Waals surface area contributed by atoms with E-state index in [1.807, 2.05) is 20.8 Å². The quantitative estimate of drug-likeness (QED) is 0.769. The summed E-state index contributed by atoms with van der Waals surface area (Å²) in [6, 6.07) is 0. The van der Waals surface area contributed by atoms with E-state index in [-0.39, 0.29) is 23.6 Å². The standard InChI is InChI=1S/C14H20N2O3/c1-5-19-13(18)12-11-9(7-6-8-10(11)17)16(15-12)14(2,3)4/h5-8H2,1-4H3. The van der Waals surface area contributed by atoms with Gasteiger partial charge >= 0.3 is 5.97 Å². The molecule has 104 valence electrons. The van der Waals surface area contributed by atoms with Crippen molar-refractivity contribution in [2.24, 2.45) is 0 Å². The van der Waals surface area contributed by atoms with E-state index in [1.54, 1.807) is 11.6 Å². The third kappa shape index (κ3) is 2.41. The second-order valence-corrected chi connectivity index (χ2v) is 5.75. The summed E-state index contributed by atoms with van der Waals surface area (Å²) in [5.74, 6) is -0.503. The third-order valence-electron chi connectivity index (χ3n) is 3.18. The molecule has 0 bridgehead atoms. The molecule has 0 atom stereocenters. The minimum absolute atomic E-state index is 0.000182. The molecule has 1 heterocycles. The van der Waals surface area contributed by atoms with Gasteiger partial charge in [0.1, 0.15) is 0 Å². The lowest BCUT2D eigenvalue weighted by atomic mass is 9.93. The maximum absolute atomic E-state index is 12.1. The molecular weight excluding hydrogens is 244 g/mol. The van der Waals surface area contributed by atoms with E-state index in [0.717, 1.165) is 18.5 Å². The van der Waals surface area contributed by atoms with Gasteiger partial charge < -0.3 is 4.74 Å². The fourth-order valence-electron chi connectivity index (χ4n) is 2.42. The van der Waals surface area contributed by atoms with Crippen molar-refractivity contribution in [2.45, 2.75) is 52.5 Å². The Bertz CT molecular complexity index is 524. The van der Waals surface area contributed by atoms with E-state index < -0.39 is 5.97 Å². The zero-order chi connectivity index (χ0) is 14.2. The fourth-order valence-corrected chi connectivity index (χ4v) is 2.42. The Morgan fingerprint density at radius 1 is 1.37 bits per heavy atom. The molecule has 0 aromatic carbocycles. The van der Waals surface area contributed by atoms with Gasteiger partial charge in [-0.25, -0.2) is 4.79 Å². The predicted molar refractivity (Wildman–Crippen MR) is 70.4 cm³/mol. The summed E-state index contributed by atoms with van der Waals surface area (Å²) >= 11 is 0. The van der Waals surface area contributed by atoms with E-state index >= 15 is 0 Å². The summed E-state index contributed by atoms with van der Waals surface area (Å²) in [7, 11) is 0. The van der Waals surface area contributed by atoms with Crippen LogP contribution in [-0.4, -0.2) is 28.1 Å². The van der Waals surface area contributed by atoms with Crippen LogP contribution < -0.4 is 0 Å². The third-order valence-corrected chi connectivity index (χ3v) is 3.18. The number of hydrogen-bond acceptors (Lipinski definition) is 4. The van der Waals surface area contributed by atoms with Crippen molar-refractivity contribution in [1.29, 1.82) is 0 Å². The summed E-state index contributed by atoms with van der Waals surface area (Å²) in [5.41, 5.74) is 1.26. The van der Waals surface area contributed by atoms with E-state index in [0.29, 0.717) is 12.0 Å². The molecule has 0 amide bonds. The first kappa shape index (κ1) is 13.8. The smallest absolute Gasteiger partial charge is 0.359 e. The predicted octanol–water partition coefficient (Wildman–Crippen LogP) is 2.33. The molecule has 19 heavy (non-hydrogen) atoms. The van der Waals surface area contributed by atoms with Gasteiger partial charge in [-0.2, -0.15) is 5.10 Å². The monoisotopic (exact) mass is 264 g/mol. The van der Waals surface area contributed by atoms with Gasteiger partial charge in [0.25, 0.3) is 0 Å². The van der Waals surface area contributed by atoms with Gasteiger partial charge in [0, 0.05) is 6.42 Å². The van der Waals surface area contributed by atoms with Crippen LogP contribution in [0.5, 0.6) is 0 Å². The van der Waals surface area contributed by atoms with E-state index in [2.05, 4.69) is 5.10 Å². The summed E-state index contributed by atoms with van der Waals surface area (Å²) in [4.78, 5) is 24.0. The normalized spacial score (nSPS) is 15.3. The lowest BCUT2D eigenvalue weighted by molar-refractivity contribution is 0.0514. The number of carbonyl (C=O) groups excluding carboxylic acids is 2. The highest BCUT2D eigenvalue weighted by Crippen LogP contribution is 2.29. The average Bonchev–Trinajstić information content (AvgIpc) is 2.70. The number of carbonyl (C=O) groups is 2. The number of hydrogen-bond donors (Lipinski definition) is 0. The molecule has 0 spiro atoms. The van der Waals surface area contributed by atoms with Crippen molar-refractivity contribution in [3.63, 3.8) is 0 Å².